The number of hydrogen-bond donors (Lipinski definition) is 1. The molecule has 1 aromatic carbocycles. The molecule has 3 rings (SSSR count). The zero-order chi connectivity index (χ0) is 20.4. The van der Waals surface area contributed by atoms with Gasteiger partial charge in [0.2, 0.25) is 0 Å². The fourth-order valence-electron chi connectivity index (χ4n) is 3.71. The van der Waals surface area contributed by atoms with Crippen molar-refractivity contribution in [1.29, 1.82) is 0 Å². The van der Waals surface area contributed by atoms with Crippen LogP contribution in [-0.2, 0) is 22.7 Å². The van der Waals surface area contributed by atoms with E-state index in [-0.39, 0.29) is 5.04 Å². The van der Waals surface area contributed by atoms with Crippen molar-refractivity contribution >= 4 is 24.2 Å². The number of nitrogens with zero attached hydrogens (tertiary/aromatic N) is 2. The highest BCUT2D eigenvalue weighted by Crippen LogP contribution is 2.39. The second kappa shape index (κ2) is 8.82. The van der Waals surface area contributed by atoms with E-state index in [4.69, 9.17) is 4.43 Å². The molecule has 28 heavy (non-hydrogen) atoms. The van der Waals surface area contributed by atoms with Gasteiger partial charge in [0, 0.05) is 42.1 Å². The number of likely N-dealkylation sites (tertiary alicyclic amines) is 1. The minimum absolute atomic E-state index is 0.238. The number of aromatic nitrogens is 2. The molecule has 1 aliphatic rings. The van der Waals surface area contributed by atoms with E-state index in [0.29, 0.717) is 12.1 Å². The number of H-pyrrole nitrogens is 1. The maximum Gasteiger partial charge on any atom is 0.192 e. The summed E-state index contributed by atoms with van der Waals surface area (Å²) in [7, 11) is -1.77. The minimum atomic E-state index is -1.77. The first-order valence-corrected chi connectivity index (χ1v) is 14.3. The monoisotopic (exact) mass is 463 g/mol. The summed E-state index contributed by atoms with van der Waals surface area (Å²) in [5.74, 6) is 0. The summed E-state index contributed by atoms with van der Waals surface area (Å²) < 4.78 is 6.80. The Labute approximate surface area is 179 Å². The molecule has 1 fully saturated rings. The number of nitrogens with one attached hydrogen (secondary N) is 1. The SMILES string of the molecule is CC(C)(C)[Si](C)(C)OC1CC(Cc2[nH]ncc2CBr)N(Cc2ccccc2)C1. The molecule has 0 amide bonds. The van der Waals surface area contributed by atoms with Gasteiger partial charge >= 0.3 is 0 Å². The predicted octanol–water partition coefficient (Wildman–Crippen LogP) is 5.51. The van der Waals surface area contributed by atoms with Crippen molar-refractivity contribution in [3.8, 4) is 0 Å². The highest BCUT2D eigenvalue weighted by Gasteiger charge is 2.42. The van der Waals surface area contributed by atoms with Gasteiger partial charge in [0.1, 0.15) is 0 Å². The third-order valence-electron chi connectivity index (χ3n) is 6.38. The largest absolute Gasteiger partial charge is 0.413 e. The van der Waals surface area contributed by atoms with Crippen molar-refractivity contribution in [3.05, 3.63) is 53.3 Å². The van der Waals surface area contributed by atoms with E-state index in [2.05, 4.69) is 95.2 Å². The fraction of sp³-hybridized carbons (Fsp3) is 0.591. The van der Waals surface area contributed by atoms with Crippen LogP contribution in [0.1, 0.15) is 44.0 Å². The summed E-state index contributed by atoms with van der Waals surface area (Å²) in [6, 6.07) is 11.2. The average Bonchev–Trinajstić information content (AvgIpc) is 3.21. The van der Waals surface area contributed by atoms with Gasteiger partial charge in [-0.3, -0.25) is 10.00 Å². The maximum atomic E-state index is 6.80. The summed E-state index contributed by atoms with van der Waals surface area (Å²) in [6.07, 6.45) is 4.32. The molecular formula is C22H34BrN3OSi. The topological polar surface area (TPSA) is 41.1 Å². The zero-order valence-corrected chi connectivity index (χ0v) is 20.4. The normalized spacial score (nSPS) is 21.4. The number of alkyl halides is 1. The van der Waals surface area contributed by atoms with Crippen LogP contribution < -0.4 is 0 Å². The van der Waals surface area contributed by atoms with Gasteiger partial charge in [-0.2, -0.15) is 5.10 Å². The first kappa shape index (κ1) is 21.7. The molecule has 0 saturated carbocycles. The lowest BCUT2D eigenvalue weighted by Gasteiger charge is -2.38. The average molecular weight is 465 g/mol. The van der Waals surface area contributed by atoms with Gasteiger partial charge in [-0.25, -0.2) is 0 Å². The van der Waals surface area contributed by atoms with Gasteiger partial charge in [-0.1, -0.05) is 67.0 Å². The van der Waals surface area contributed by atoms with E-state index in [9.17, 15) is 0 Å². The molecule has 2 unspecified atom stereocenters. The number of halogens is 1. The van der Waals surface area contributed by atoms with Crippen LogP contribution in [0.15, 0.2) is 36.5 Å². The van der Waals surface area contributed by atoms with E-state index < -0.39 is 8.32 Å². The van der Waals surface area contributed by atoms with Crippen LogP contribution in [-0.4, -0.2) is 42.1 Å². The molecule has 4 nitrogen and oxygen atoms in total. The van der Waals surface area contributed by atoms with Crippen LogP contribution in [0.25, 0.3) is 0 Å². The van der Waals surface area contributed by atoms with Gasteiger partial charge in [0.25, 0.3) is 0 Å². The molecule has 1 aliphatic heterocycles. The van der Waals surface area contributed by atoms with Crippen LogP contribution in [0, 0.1) is 0 Å². The Kier molecular flexibility index (Phi) is 6.85. The molecule has 0 aliphatic carbocycles. The van der Waals surface area contributed by atoms with Gasteiger partial charge in [-0.05, 0) is 30.1 Å². The minimum Gasteiger partial charge on any atom is -0.413 e. The first-order chi connectivity index (χ1) is 13.2. The standard InChI is InChI=1S/C22H34BrN3OSi/c1-22(2,3)28(4,5)27-20-11-19(12-21-18(13-23)14-24-25-21)26(16-20)15-17-9-7-6-8-10-17/h6-10,14,19-20H,11-13,15-16H2,1-5H3,(H,24,25). The van der Waals surface area contributed by atoms with E-state index >= 15 is 0 Å². The van der Waals surface area contributed by atoms with Gasteiger partial charge in [0.15, 0.2) is 8.32 Å². The highest BCUT2D eigenvalue weighted by atomic mass is 79.9. The lowest BCUT2D eigenvalue weighted by molar-refractivity contribution is 0.177. The van der Waals surface area contributed by atoms with Crippen molar-refractivity contribution in [2.75, 3.05) is 6.54 Å². The molecule has 1 N–H and O–H groups in total. The molecule has 0 radical (unpaired) electrons. The molecule has 6 heteroatoms. The highest BCUT2D eigenvalue weighted by molar-refractivity contribution is 9.08. The number of aromatic amines is 1. The first-order valence-electron chi connectivity index (χ1n) is 10.2. The summed E-state index contributed by atoms with van der Waals surface area (Å²) in [6.45, 7) is 13.7. The second-order valence-electron chi connectivity index (χ2n) is 9.52. The molecule has 2 atom stereocenters. The molecule has 1 saturated heterocycles. The molecule has 154 valence electrons. The maximum absolute atomic E-state index is 6.80. The van der Waals surface area contributed by atoms with Crippen molar-refractivity contribution in [3.63, 3.8) is 0 Å². The lowest BCUT2D eigenvalue weighted by atomic mass is 10.1. The predicted molar refractivity (Wildman–Crippen MR) is 122 cm³/mol. The van der Waals surface area contributed by atoms with E-state index in [1.807, 2.05) is 6.20 Å². The molecule has 0 spiro atoms. The van der Waals surface area contributed by atoms with E-state index in [1.165, 1.54) is 16.8 Å². The van der Waals surface area contributed by atoms with Crippen molar-refractivity contribution in [2.24, 2.45) is 0 Å². The summed E-state index contributed by atoms with van der Waals surface area (Å²) in [5, 5.41) is 8.55. The lowest BCUT2D eigenvalue weighted by Crippen LogP contribution is -2.44. The third-order valence-corrected chi connectivity index (χ3v) is 11.5. The number of hydrogen-bond acceptors (Lipinski definition) is 3. The Hall–Kier alpha value is -0.953. The molecule has 2 heterocycles. The molecular weight excluding hydrogens is 430 g/mol. The van der Waals surface area contributed by atoms with Crippen molar-refractivity contribution in [2.45, 2.75) is 75.8 Å². The van der Waals surface area contributed by atoms with Gasteiger partial charge < -0.3 is 4.43 Å². The third kappa shape index (κ3) is 5.15. The van der Waals surface area contributed by atoms with Gasteiger partial charge in [-0.15, -0.1) is 0 Å². The van der Waals surface area contributed by atoms with Crippen LogP contribution in [0.3, 0.4) is 0 Å². The molecule has 1 aromatic heterocycles. The smallest absolute Gasteiger partial charge is 0.192 e. The van der Waals surface area contributed by atoms with Crippen LogP contribution in [0.2, 0.25) is 18.1 Å². The Bertz CT molecular complexity index is 757. The molecule has 0 bridgehead atoms. The zero-order valence-electron chi connectivity index (χ0n) is 17.8. The summed E-state index contributed by atoms with van der Waals surface area (Å²) in [5.41, 5.74) is 3.87. The van der Waals surface area contributed by atoms with Crippen LogP contribution in [0.5, 0.6) is 0 Å². The number of benzene rings is 1. The Morgan fingerprint density at radius 1 is 1.25 bits per heavy atom. The number of rotatable bonds is 7. The molecule has 2 aromatic rings. The fourth-order valence-corrected chi connectivity index (χ4v) is 5.55. The summed E-state index contributed by atoms with van der Waals surface area (Å²) >= 11 is 3.59. The van der Waals surface area contributed by atoms with Gasteiger partial charge in [0.05, 0.1) is 12.3 Å². The van der Waals surface area contributed by atoms with Crippen molar-refractivity contribution < 1.29 is 4.43 Å². The van der Waals surface area contributed by atoms with Crippen molar-refractivity contribution in [1.82, 2.24) is 15.1 Å². The van der Waals surface area contributed by atoms with Crippen LogP contribution >= 0.6 is 15.9 Å². The Balaban J connectivity index is 1.76. The quantitative estimate of drug-likeness (QED) is 0.434. The van der Waals surface area contributed by atoms with E-state index in [1.54, 1.807) is 0 Å². The summed E-state index contributed by atoms with van der Waals surface area (Å²) in [4.78, 5) is 2.60. The van der Waals surface area contributed by atoms with Crippen LogP contribution in [0.4, 0.5) is 0 Å². The Morgan fingerprint density at radius 3 is 2.61 bits per heavy atom. The van der Waals surface area contributed by atoms with E-state index in [0.717, 1.165) is 31.3 Å². The second-order valence-corrected chi connectivity index (χ2v) is 14.8. The Morgan fingerprint density at radius 2 is 1.96 bits per heavy atom.